The first-order valence-electron chi connectivity index (χ1n) is 6.02. The first-order valence-corrected chi connectivity index (χ1v) is 6.02. The molecule has 18 heavy (non-hydrogen) atoms. The number of nitrogens with zero attached hydrogens (tertiary/aromatic N) is 3. The van der Waals surface area contributed by atoms with E-state index in [9.17, 15) is 0 Å². The van der Waals surface area contributed by atoms with Gasteiger partial charge in [-0.1, -0.05) is 0 Å². The van der Waals surface area contributed by atoms with E-state index in [1.165, 1.54) is 11.1 Å². The van der Waals surface area contributed by atoms with Crippen LogP contribution < -0.4 is 5.32 Å². The highest BCUT2D eigenvalue weighted by Crippen LogP contribution is 2.05. The number of pyridine rings is 1. The molecule has 0 spiro atoms. The second-order valence-corrected chi connectivity index (χ2v) is 4.24. The van der Waals surface area contributed by atoms with Crippen molar-refractivity contribution < 1.29 is 5.11 Å². The summed E-state index contributed by atoms with van der Waals surface area (Å²) in [6.07, 6.45) is 7.45. The molecule has 96 valence electrons. The molecule has 0 fully saturated rings. The summed E-state index contributed by atoms with van der Waals surface area (Å²) in [7, 11) is 0. The molecule has 0 saturated carbocycles. The normalized spacial score (nSPS) is 10.8. The molecule has 0 aliphatic heterocycles. The standard InChI is InChI=1S/C13H18N4O/c1-11-6-14-3-2-13(11)9-15-7-12-8-16-17(10-12)4-5-18/h2-3,6,8,10,15,18H,4-5,7,9H2,1H3. The fourth-order valence-corrected chi connectivity index (χ4v) is 1.76. The predicted octanol–water partition coefficient (Wildman–Crippen LogP) is 0.869. The summed E-state index contributed by atoms with van der Waals surface area (Å²) < 4.78 is 1.74. The van der Waals surface area contributed by atoms with Crippen LogP contribution in [0.15, 0.2) is 30.9 Å². The van der Waals surface area contributed by atoms with E-state index < -0.39 is 0 Å². The minimum Gasteiger partial charge on any atom is -0.394 e. The largest absolute Gasteiger partial charge is 0.394 e. The van der Waals surface area contributed by atoms with E-state index in [1.54, 1.807) is 4.68 Å². The van der Waals surface area contributed by atoms with Crippen molar-refractivity contribution >= 4 is 0 Å². The maximum absolute atomic E-state index is 8.80. The third-order valence-electron chi connectivity index (χ3n) is 2.80. The number of hydrogen-bond donors (Lipinski definition) is 2. The van der Waals surface area contributed by atoms with Gasteiger partial charge in [0.1, 0.15) is 0 Å². The van der Waals surface area contributed by atoms with Gasteiger partial charge in [0.25, 0.3) is 0 Å². The zero-order valence-corrected chi connectivity index (χ0v) is 10.5. The van der Waals surface area contributed by atoms with Crippen LogP contribution in [-0.4, -0.2) is 26.5 Å². The van der Waals surface area contributed by atoms with E-state index in [2.05, 4.69) is 22.3 Å². The summed E-state index contributed by atoms with van der Waals surface area (Å²) in [5.74, 6) is 0. The van der Waals surface area contributed by atoms with Crippen molar-refractivity contribution in [2.24, 2.45) is 0 Å². The second-order valence-electron chi connectivity index (χ2n) is 4.24. The highest BCUT2D eigenvalue weighted by atomic mass is 16.3. The fraction of sp³-hybridized carbons (Fsp3) is 0.385. The van der Waals surface area contributed by atoms with E-state index in [0.29, 0.717) is 6.54 Å². The van der Waals surface area contributed by atoms with Gasteiger partial charge < -0.3 is 10.4 Å². The van der Waals surface area contributed by atoms with Crippen LogP contribution in [0.3, 0.4) is 0 Å². The van der Waals surface area contributed by atoms with Gasteiger partial charge >= 0.3 is 0 Å². The topological polar surface area (TPSA) is 63.0 Å². The summed E-state index contributed by atoms with van der Waals surface area (Å²) in [6.45, 7) is 4.31. The zero-order chi connectivity index (χ0) is 12.8. The van der Waals surface area contributed by atoms with E-state index in [4.69, 9.17) is 5.11 Å². The Morgan fingerprint density at radius 1 is 1.33 bits per heavy atom. The summed E-state index contributed by atoms with van der Waals surface area (Å²) in [5.41, 5.74) is 3.57. The van der Waals surface area contributed by atoms with Crippen LogP contribution in [0.5, 0.6) is 0 Å². The van der Waals surface area contributed by atoms with E-state index >= 15 is 0 Å². The van der Waals surface area contributed by atoms with Crippen LogP contribution in [0.4, 0.5) is 0 Å². The fourth-order valence-electron chi connectivity index (χ4n) is 1.76. The summed E-state index contributed by atoms with van der Waals surface area (Å²) >= 11 is 0. The van der Waals surface area contributed by atoms with Crippen molar-refractivity contribution in [1.82, 2.24) is 20.1 Å². The van der Waals surface area contributed by atoms with Crippen LogP contribution >= 0.6 is 0 Å². The lowest BCUT2D eigenvalue weighted by Crippen LogP contribution is -2.13. The molecule has 0 aliphatic carbocycles. The van der Waals surface area contributed by atoms with Gasteiger partial charge in [0.2, 0.25) is 0 Å². The van der Waals surface area contributed by atoms with Crippen LogP contribution in [0, 0.1) is 6.92 Å². The van der Waals surface area contributed by atoms with Gasteiger partial charge in [-0.25, -0.2) is 0 Å². The highest BCUT2D eigenvalue weighted by Gasteiger charge is 2.00. The number of nitrogens with one attached hydrogen (secondary N) is 1. The third kappa shape index (κ3) is 3.38. The monoisotopic (exact) mass is 246 g/mol. The molecule has 0 radical (unpaired) electrons. The van der Waals surface area contributed by atoms with E-state index in [-0.39, 0.29) is 6.61 Å². The number of aliphatic hydroxyl groups is 1. The predicted molar refractivity (Wildman–Crippen MR) is 68.8 cm³/mol. The van der Waals surface area contributed by atoms with Crippen molar-refractivity contribution in [3.63, 3.8) is 0 Å². The Labute approximate surface area is 106 Å². The number of aromatic nitrogens is 3. The van der Waals surface area contributed by atoms with Crippen molar-refractivity contribution in [3.05, 3.63) is 47.5 Å². The van der Waals surface area contributed by atoms with Gasteiger partial charge in [-0.05, 0) is 24.1 Å². The van der Waals surface area contributed by atoms with Gasteiger partial charge in [-0.2, -0.15) is 5.10 Å². The minimum atomic E-state index is 0.116. The van der Waals surface area contributed by atoms with Crippen molar-refractivity contribution in [2.45, 2.75) is 26.6 Å². The van der Waals surface area contributed by atoms with Crippen molar-refractivity contribution in [2.75, 3.05) is 6.61 Å². The minimum absolute atomic E-state index is 0.116. The third-order valence-corrected chi connectivity index (χ3v) is 2.80. The van der Waals surface area contributed by atoms with Gasteiger partial charge in [-0.15, -0.1) is 0 Å². The van der Waals surface area contributed by atoms with Crippen LogP contribution in [0.25, 0.3) is 0 Å². The van der Waals surface area contributed by atoms with Crippen LogP contribution in [0.1, 0.15) is 16.7 Å². The molecule has 0 unspecified atom stereocenters. The van der Waals surface area contributed by atoms with Gasteiger partial charge in [0, 0.05) is 37.2 Å². The summed E-state index contributed by atoms with van der Waals surface area (Å²) in [6, 6.07) is 2.03. The lowest BCUT2D eigenvalue weighted by molar-refractivity contribution is 0.269. The van der Waals surface area contributed by atoms with Crippen LogP contribution in [-0.2, 0) is 19.6 Å². The van der Waals surface area contributed by atoms with Crippen LogP contribution in [0.2, 0.25) is 0 Å². The SMILES string of the molecule is Cc1cnccc1CNCc1cnn(CCO)c1. The molecule has 0 aromatic carbocycles. The lowest BCUT2D eigenvalue weighted by atomic mass is 10.1. The van der Waals surface area contributed by atoms with Crippen molar-refractivity contribution in [1.29, 1.82) is 0 Å². The smallest absolute Gasteiger partial charge is 0.0640 e. The lowest BCUT2D eigenvalue weighted by Gasteiger charge is -2.05. The van der Waals surface area contributed by atoms with E-state index in [1.807, 2.05) is 30.9 Å². The number of hydrogen-bond acceptors (Lipinski definition) is 4. The first kappa shape index (κ1) is 12.7. The first-order chi connectivity index (χ1) is 8.79. The van der Waals surface area contributed by atoms with Gasteiger partial charge in [0.15, 0.2) is 0 Å². The summed E-state index contributed by atoms with van der Waals surface area (Å²) in [5, 5.41) is 16.3. The van der Waals surface area contributed by atoms with Gasteiger partial charge in [-0.3, -0.25) is 9.67 Å². The average Bonchev–Trinajstić information content (AvgIpc) is 2.80. The number of aliphatic hydroxyl groups excluding tert-OH is 1. The molecular formula is C13H18N4O. The molecule has 2 rings (SSSR count). The molecule has 2 aromatic heterocycles. The molecular weight excluding hydrogens is 228 g/mol. The Morgan fingerprint density at radius 2 is 2.22 bits per heavy atom. The Balaban J connectivity index is 1.83. The maximum Gasteiger partial charge on any atom is 0.0640 e. The Morgan fingerprint density at radius 3 is 3.00 bits per heavy atom. The molecule has 2 heterocycles. The van der Waals surface area contributed by atoms with Crippen molar-refractivity contribution in [3.8, 4) is 0 Å². The average molecular weight is 246 g/mol. The quantitative estimate of drug-likeness (QED) is 0.794. The molecule has 0 amide bonds. The molecule has 5 heteroatoms. The molecule has 0 bridgehead atoms. The maximum atomic E-state index is 8.80. The number of aryl methyl sites for hydroxylation is 1. The molecule has 0 aliphatic rings. The Hall–Kier alpha value is -1.72. The molecule has 0 saturated heterocycles. The Kier molecular flexibility index (Phi) is 4.44. The Bertz CT molecular complexity index is 495. The van der Waals surface area contributed by atoms with Gasteiger partial charge in [0.05, 0.1) is 19.3 Å². The molecule has 0 atom stereocenters. The highest BCUT2D eigenvalue weighted by molar-refractivity contribution is 5.21. The number of rotatable bonds is 6. The second kappa shape index (κ2) is 6.28. The zero-order valence-electron chi connectivity index (χ0n) is 10.5. The summed E-state index contributed by atoms with van der Waals surface area (Å²) in [4.78, 5) is 4.07. The molecule has 2 aromatic rings. The van der Waals surface area contributed by atoms with E-state index in [0.717, 1.165) is 18.7 Å². The molecule has 2 N–H and O–H groups in total. The molecule has 5 nitrogen and oxygen atoms in total.